The van der Waals surface area contributed by atoms with Crippen molar-refractivity contribution in [2.45, 2.75) is 13.3 Å². The van der Waals surface area contributed by atoms with Gasteiger partial charge in [-0.1, -0.05) is 31.7 Å². The van der Waals surface area contributed by atoms with Gasteiger partial charge < -0.3 is 5.32 Å². The van der Waals surface area contributed by atoms with Crippen LogP contribution >= 0.6 is 0 Å². The van der Waals surface area contributed by atoms with Crippen LogP contribution in [0.2, 0.25) is 0 Å². The third kappa shape index (κ3) is 2.91. The molecular formula is C15H17N3O. The molecule has 0 spiro atoms. The summed E-state index contributed by atoms with van der Waals surface area (Å²) in [6, 6.07) is 10.1. The molecule has 0 bridgehead atoms. The molecule has 4 nitrogen and oxygen atoms in total. The van der Waals surface area contributed by atoms with Crippen LogP contribution in [0.3, 0.4) is 0 Å². The summed E-state index contributed by atoms with van der Waals surface area (Å²) in [6.45, 7) is 5.55. The Labute approximate surface area is 112 Å². The van der Waals surface area contributed by atoms with E-state index < -0.39 is 0 Å². The lowest BCUT2D eigenvalue weighted by atomic mass is 10.1. The minimum atomic E-state index is -0.239. The van der Waals surface area contributed by atoms with Crippen molar-refractivity contribution in [1.29, 1.82) is 0 Å². The fourth-order valence-electron chi connectivity index (χ4n) is 1.85. The predicted octanol–water partition coefficient (Wildman–Crippen LogP) is 2.77. The van der Waals surface area contributed by atoms with Crippen LogP contribution in [-0.2, 0) is 18.3 Å². The van der Waals surface area contributed by atoms with Crippen LogP contribution in [0, 0.1) is 0 Å². The van der Waals surface area contributed by atoms with Gasteiger partial charge in [-0.25, -0.2) is 0 Å². The Morgan fingerprint density at radius 3 is 2.95 bits per heavy atom. The van der Waals surface area contributed by atoms with Crippen molar-refractivity contribution in [3.63, 3.8) is 0 Å². The summed E-state index contributed by atoms with van der Waals surface area (Å²) in [5, 5.41) is 7.13. The largest absolute Gasteiger partial charge is 0.307 e. The standard InChI is InChI=1S/C15H17N3O/c1-4-11-7-6-8-12(9-11)13-10-14(18(3)17-13)16-15(19)5-2/h5-10H,2,4H2,1,3H3,(H,16,19). The van der Waals surface area contributed by atoms with Gasteiger partial charge in [0.25, 0.3) is 0 Å². The fraction of sp³-hybridized carbons (Fsp3) is 0.200. The van der Waals surface area contributed by atoms with Crippen molar-refractivity contribution >= 4 is 11.7 Å². The van der Waals surface area contributed by atoms with Crippen molar-refractivity contribution in [2.75, 3.05) is 5.32 Å². The molecule has 0 atom stereocenters. The van der Waals surface area contributed by atoms with Crippen LogP contribution in [0.1, 0.15) is 12.5 Å². The number of carbonyl (C=O) groups excluding carboxylic acids is 1. The first-order valence-electron chi connectivity index (χ1n) is 6.20. The minimum Gasteiger partial charge on any atom is -0.307 e. The van der Waals surface area contributed by atoms with Crippen molar-refractivity contribution < 1.29 is 4.79 Å². The van der Waals surface area contributed by atoms with Crippen molar-refractivity contribution in [1.82, 2.24) is 9.78 Å². The number of hydrogen-bond acceptors (Lipinski definition) is 2. The number of anilines is 1. The van der Waals surface area contributed by atoms with E-state index in [1.54, 1.807) is 11.7 Å². The molecule has 0 saturated carbocycles. The molecule has 0 aliphatic heterocycles. The molecule has 2 rings (SSSR count). The van der Waals surface area contributed by atoms with Crippen LogP contribution in [0.4, 0.5) is 5.82 Å². The Kier molecular flexibility index (Phi) is 3.80. The second-order valence-corrected chi connectivity index (χ2v) is 4.29. The topological polar surface area (TPSA) is 46.9 Å². The Hall–Kier alpha value is -2.36. The number of carbonyl (C=O) groups is 1. The number of hydrogen-bond donors (Lipinski definition) is 1. The second kappa shape index (κ2) is 5.52. The third-order valence-electron chi connectivity index (χ3n) is 2.95. The van der Waals surface area contributed by atoms with Gasteiger partial charge >= 0.3 is 0 Å². The first kappa shape index (κ1) is 13.1. The van der Waals surface area contributed by atoms with Crippen LogP contribution in [0.15, 0.2) is 43.0 Å². The molecule has 2 aromatic rings. The number of nitrogens with one attached hydrogen (secondary N) is 1. The molecule has 1 aromatic carbocycles. The highest BCUT2D eigenvalue weighted by Gasteiger charge is 2.08. The van der Waals surface area contributed by atoms with Gasteiger partial charge in [0, 0.05) is 18.7 Å². The zero-order valence-electron chi connectivity index (χ0n) is 11.2. The zero-order chi connectivity index (χ0) is 13.8. The number of amides is 1. The quantitative estimate of drug-likeness (QED) is 0.854. The van der Waals surface area contributed by atoms with Crippen molar-refractivity contribution in [3.05, 3.63) is 48.6 Å². The number of rotatable bonds is 4. The summed E-state index contributed by atoms with van der Waals surface area (Å²) in [5.74, 6) is 0.415. The van der Waals surface area contributed by atoms with E-state index in [-0.39, 0.29) is 5.91 Å². The molecular weight excluding hydrogens is 238 g/mol. The van der Waals surface area contributed by atoms with Crippen LogP contribution < -0.4 is 5.32 Å². The highest BCUT2D eigenvalue weighted by Crippen LogP contribution is 2.22. The number of aryl methyl sites for hydroxylation is 2. The lowest BCUT2D eigenvalue weighted by Gasteiger charge is -1.99. The first-order valence-corrected chi connectivity index (χ1v) is 6.20. The van der Waals surface area contributed by atoms with Gasteiger partial charge in [-0.2, -0.15) is 5.10 Å². The zero-order valence-corrected chi connectivity index (χ0v) is 11.2. The molecule has 0 aliphatic rings. The molecule has 1 heterocycles. The molecule has 0 fully saturated rings. The number of benzene rings is 1. The van der Waals surface area contributed by atoms with E-state index in [4.69, 9.17) is 0 Å². The van der Waals surface area contributed by atoms with Crippen LogP contribution in [-0.4, -0.2) is 15.7 Å². The summed E-state index contributed by atoms with van der Waals surface area (Å²) in [4.78, 5) is 11.3. The van der Waals surface area contributed by atoms with E-state index in [1.165, 1.54) is 11.6 Å². The molecule has 19 heavy (non-hydrogen) atoms. The monoisotopic (exact) mass is 255 g/mol. The van der Waals surface area contributed by atoms with Gasteiger partial charge in [0.1, 0.15) is 5.82 Å². The maximum Gasteiger partial charge on any atom is 0.248 e. The Morgan fingerprint density at radius 2 is 2.26 bits per heavy atom. The van der Waals surface area contributed by atoms with E-state index in [2.05, 4.69) is 36.1 Å². The minimum absolute atomic E-state index is 0.239. The van der Waals surface area contributed by atoms with Gasteiger partial charge in [-0.15, -0.1) is 0 Å². The fourth-order valence-corrected chi connectivity index (χ4v) is 1.85. The summed E-state index contributed by atoms with van der Waals surface area (Å²) in [7, 11) is 1.80. The summed E-state index contributed by atoms with van der Waals surface area (Å²) in [5.41, 5.74) is 3.16. The molecule has 4 heteroatoms. The molecule has 0 radical (unpaired) electrons. The average molecular weight is 255 g/mol. The van der Waals surface area contributed by atoms with Gasteiger partial charge in [0.2, 0.25) is 5.91 Å². The highest BCUT2D eigenvalue weighted by molar-refractivity contribution is 5.98. The molecule has 1 amide bonds. The van der Waals surface area contributed by atoms with E-state index in [9.17, 15) is 4.79 Å². The van der Waals surface area contributed by atoms with Gasteiger partial charge in [0.05, 0.1) is 5.69 Å². The molecule has 1 N–H and O–H groups in total. The normalized spacial score (nSPS) is 10.2. The van der Waals surface area contributed by atoms with Gasteiger partial charge in [0.15, 0.2) is 0 Å². The number of nitrogens with zero attached hydrogens (tertiary/aromatic N) is 2. The maximum absolute atomic E-state index is 11.3. The van der Waals surface area contributed by atoms with Gasteiger partial charge in [-0.3, -0.25) is 9.48 Å². The SMILES string of the molecule is C=CC(=O)Nc1cc(-c2cccc(CC)c2)nn1C. The summed E-state index contributed by atoms with van der Waals surface area (Å²) in [6.07, 6.45) is 2.23. The van der Waals surface area contributed by atoms with Crippen molar-refractivity contribution in [2.24, 2.45) is 7.05 Å². The highest BCUT2D eigenvalue weighted by atomic mass is 16.1. The molecule has 0 aliphatic carbocycles. The van der Waals surface area contributed by atoms with Crippen LogP contribution in [0.5, 0.6) is 0 Å². The van der Waals surface area contributed by atoms with E-state index in [0.717, 1.165) is 17.7 Å². The Bertz CT molecular complexity index is 614. The lowest BCUT2D eigenvalue weighted by Crippen LogP contribution is -2.10. The van der Waals surface area contributed by atoms with Gasteiger partial charge in [-0.05, 0) is 24.1 Å². The first-order chi connectivity index (χ1) is 9.13. The smallest absolute Gasteiger partial charge is 0.248 e. The molecule has 0 saturated heterocycles. The summed E-state index contributed by atoms with van der Waals surface area (Å²) >= 11 is 0. The second-order valence-electron chi connectivity index (χ2n) is 4.29. The third-order valence-corrected chi connectivity index (χ3v) is 2.95. The van der Waals surface area contributed by atoms with E-state index in [1.807, 2.05) is 18.2 Å². The molecule has 1 aromatic heterocycles. The average Bonchev–Trinajstić information content (AvgIpc) is 2.80. The van der Waals surface area contributed by atoms with Crippen molar-refractivity contribution in [3.8, 4) is 11.3 Å². The van der Waals surface area contributed by atoms with E-state index >= 15 is 0 Å². The number of aromatic nitrogens is 2. The van der Waals surface area contributed by atoms with E-state index in [0.29, 0.717) is 5.82 Å². The Morgan fingerprint density at radius 1 is 1.47 bits per heavy atom. The molecule has 98 valence electrons. The summed E-state index contributed by atoms with van der Waals surface area (Å²) < 4.78 is 1.65. The molecule has 0 unspecified atom stereocenters. The lowest BCUT2D eigenvalue weighted by molar-refractivity contribution is -0.111. The Balaban J connectivity index is 2.33. The predicted molar refractivity (Wildman–Crippen MR) is 76.8 cm³/mol. The maximum atomic E-state index is 11.3. The van der Waals surface area contributed by atoms with Crippen LogP contribution in [0.25, 0.3) is 11.3 Å².